The van der Waals surface area contributed by atoms with E-state index in [-0.39, 0.29) is 18.1 Å². The van der Waals surface area contributed by atoms with Crippen molar-refractivity contribution in [3.05, 3.63) is 34.4 Å². The van der Waals surface area contributed by atoms with E-state index in [1.807, 2.05) is 43.0 Å². The van der Waals surface area contributed by atoms with Crippen LogP contribution < -0.4 is 0 Å². The largest absolute Gasteiger partial charge is 0.372 e. The Morgan fingerprint density at radius 2 is 2.00 bits per heavy atom. The van der Waals surface area contributed by atoms with E-state index in [2.05, 4.69) is 20.9 Å². The van der Waals surface area contributed by atoms with Crippen LogP contribution in [0, 0.1) is 0 Å². The number of carbonyl (C=O) groups is 1. The number of H-pyrrole nitrogens is 1. The highest BCUT2D eigenvalue weighted by Gasteiger charge is 2.27. The Morgan fingerprint density at radius 1 is 1.30 bits per heavy atom. The molecule has 1 aliphatic rings. The topological polar surface area (TPSA) is 45.3 Å². The van der Waals surface area contributed by atoms with Gasteiger partial charge < -0.3 is 14.6 Å². The maximum absolute atomic E-state index is 12.6. The molecule has 0 saturated carbocycles. The van der Waals surface area contributed by atoms with E-state index in [0.717, 1.165) is 15.4 Å². The fourth-order valence-corrected chi connectivity index (χ4v) is 3.11. The zero-order valence-corrected chi connectivity index (χ0v) is 13.1. The number of amides is 1. The van der Waals surface area contributed by atoms with Crippen molar-refractivity contribution < 1.29 is 9.53 Å². The molecular formula is C15H17BrN2O2. The molecule has 0 aliphatic carbocycles. The number of hydrogen-bond acceptors (Lipinski definition) is 2. The molecule has 1 N–H and O–H groups in total. The van der Waals surface area contributed by atoms with Gasteiger partial charge in [0.25, 0.3) is 5.91 Å². The maximum Gasteiger partial charge on any atom is 0.270 e. The van der Waals surface area contributed by atoms with E-state index >= 15 is 0 Å². The van der Waals surface area contributed by atoms with Gasteiger partial charge in [-0.25, -0.2) is 0 Å². The molecule has 0 radical (unpaired) electrons. The molecule has 1 aliphatic heterocycles. The van der Waals surface area contributed by atoms with Crippen molar-refractivity contribution in [3.8, 4) is 0 Å². The Morgan fingerprint density at radius 3 is 2.70 bits per heavy atom. The van der Waals surface area contributed by atoms with Crippen LogP contribution >= 0.6 is 15.9 Å². The molecule has 0 bridgehead atoms. The molecule has 1 amide bonds. The summed E-state index contributed by atoms with van der Waals surface area (Å²) in [6, 6.07) is 7.85. The van der Waals surface area contributed by atoms with Crippen molar-refractivity contribution >= 4 is 32.7 Å². The van der Waals surface area contributed by atoms with Crippen molar-refractivity contribution in [2.45, 2.75) is 26.1 Å². The standard InChI is InChI=1S/C15H17BrN2O2/c1-9-7-18(8-10(2)20-9)15(19)14-6-11-5-12(16)3-4-13(11)17-14/h3-6,9-10,17H,7-8H2,1-2H3. The Hall–Kier alpha value is -1.33. The number of ether oxygens (including phenoxy) is 1. The molecule has 1 fully saturated rings. The van der Waals surface area contributed by atoms with Crippen LogP contribution in [-0.4, -0.2) is 41.1 Å². The van der Waals surface area contributed by atoms with Gasteiger partial charge in [0.2, 0.25) is 0 Å². The van der Waals surface area contributed by atoms with Gasteiger partial charge in [0.15, 0.2) is 0 Å². The zero-order chi connectivity index (χ0) is 14.3. The quantitative estimate of drug-likeness (QED) is 0.869. The van der Waals surface area contributed by atoms with Crippen LogP contribution in [0.1, 0.15) is 24.3 Å². The van der Waals surface area contributed by atoms with E-state index in [9.17, 15) is 4.79 Å². The number of hydrogen-bond donors (Lipinski definition) is 1. The normalized spacial score (nSPS) is 23.2. The number of carbonyl (C=O) groups excluding carboxylic acids is 1. The summed E-state index contributed by atoms with van der Waals surface area (Å²) in [7, 11) is 0. The van der Waals surface area contributed by atoms with Crippen molar-refractivity contribution in [2.75, 3.05) is 13.1 Å². The highest BCUT2D eigenvalue weighted by molar-refractivity contribution is 9.10. The number of halogens is 1. The zero-order valence-electron chi connectivity index (χ0n) is 11.5. The minimum atomic E-state index is 0.0410. The average molecular weight is 337 g/mol. The lowest BCUT2D eigenvalue weighted by Crippen LogP contribution is -2.48. The van der Waals surface area contributed by atoms with Gasteiger partial charge in [-0.15, -0.1) is 0 Å². The van der Waals surface area contributed by atoms with Gasteiger partial charge in [-0.2, -0.15) is 0 Å². The van der Waals surface area contributed by atoms with Crippen LogP contribution in [0.15, 0.2) is 28.7 Å². The number of aromatic nitrogens is 1. The first kappa shape index (κ1) is 13.6. The fraction of sp³-hybridized carbons (Fsp3) is 0.400. The molecule has 2 atom stereocenters. The van der Waals surface area contributed by atoms with Crippen LogP contribution in [0.5, 0.6) is 0 Å². The summed E-state index contributed by atoms with van der Waals surface area (Å²) < 4.78 is 6.68. The van der Waals surface area contributed by atoms with Crippen LogP contribution in [0.2, 0.25) is 0 Å². The second-order valence-corrected chi connectivity index (χ2v) is 6.30. The van der Waals surface area contributed by atoms with E-state index in [0.29, 0.717) is 18.8 Å². The number of nitrogens with zero attached hydrogens (tertiary/aromatic N) is 1. The average Bonchev–Trinajstić information content (AvgIpc) is 2.79. The smallest absolute Gasteiger partial charge is 0.270 e. The predicted octanol–water partition coefficient (Wildman–Crippen LogP) is 3.18. The van der Waals surface area contributed by atoms with Gasteiger partial charge in [-0.3, -0.25) is 4.79 Å². The molecule has 3 rings (SSSR count). The number of fused-ring (bicyclic) bond motifs is 1. The molecule has 2 heterocycles. The Labute approximate surface area is 126 Å². The van der Waals surface area contributed by atoms with E-state index in [1.54, 1.807) is 0 Å². The first-order valence-corrected chi connectivity index (χ1v) is 7.55. The molecule has 5 heteroatoms. The molecule has 1 aromatic carbocycles. The third-order valence-electron chi connectivity index (χ3n) is 3.52. The monoisotopic (exact) mass is 336 g/mol. The van der Waals surface area contributed by atoms with Gasteiger partial charge in [0, 0.05) is 28.5 Å². The van der Waals surface area contributed by atoms with E-state index < -0.39 is 0 Å². The number of aromatic amines is 1. The summed E-state index contributed by atoms with van der Waals surface area (Å²) in [6.45, 7) is 5.28. The van der Waals surface area contributed by atoms with Crippen molar-refractivity contribution in [2.24, 2.45) is 0 Å². The lowest BCUT2D eigenvalue weighted by atomic mass is 10.2. The van der Waals surface area contributed by atoms with Crippen molar-refractivity contribution in [3.63, 3.8) is 0 Å². The molecule has 4 nitrogen and oxygen atoms in total. The Kier molecular flexibility index (Phi) is 3.56. The van der Waals surface area contributed by atoms with E-state index in [1.165, 1.54) is 0 Å². The number of nitrogens with one attached hydrogen (secondary N) is 1. The Bertz CT molecular complexity index is 642. The summed E-state index contributed by atoms with van der Waals surface area (Å²) >= 11 is 3.45. The predicted molar refractivity (Wildman–Crippen MR) is 81.9 cm³/mol. The molecular weight excluding hydrogens is 320 g/mol. The number of benzene rings is 1. The van der Waals surface area contributed by atoms with Gasteiger partial charge in [-0.1, -0.05) is 15.9 Å². The molecule has 1 aromatic heterocycles. The summed E-state index contributed by atoms with van der Waals surface area (Å²) in [5, 5.41) is 1.04. The van der Waals surface area contributed by atoms with Gasteiger partial charge in [0.1, 0.15) is 5.69 Å². The molecule has 0 spiro atoms. The van der Waals surface area contributed by atoms with Crippen molar-refractivity contribution in [1.29, 1.82) is 0 Å². The summed E-state index contributed by atoms with van der Waals surface area (Å²) in [6.07, 6.45) is 0.169. The minimum absolute atomic E-state index is 0.0410. The highest BCUT2D eigenvalue weighted by Crippen LogP contribution is 2.22. The second-order valence-electron chi connectivity index (χ2n) is 5.38. The molecule has 106 valence electrons. The fourth-order valence-electron chi connectivity index (χ4n) is 2.73. The molecule has 2 aromatic rings. The lowest BCUT2D eigenvalue weighted by molar-refractivity contribution is -0.0587. The summed E-state index contributed by atoms with van der Waals surface area (Å²) in [4.78, 5) is 17.6. The first-order chi connectivity index (χ1) is 9.52. The number of rotatable bonds is 1. The molecule has 20 heavy (non-hydrogen) atoms. The molecule has 1 saturated heterocycles. The third-order valence-corrected chi connectivity index (χ3v) is 4.01. The van der Waals surface area contributed by atoms with Gasteiger partial charge in [0.05, 0.1) is 12.2 Å². The minimum Gasteiger partial charge on any atom is -0.372 e. The highest BCUT2D eigenvalue weighted by atomic mass is 79.9. The van der Waals surface area contributed by atoms with E-state index in [4.69, 9.17) is 4.74 Å². The summed E-state index contributed by atoms with van der Waals surface area (Å²) in [5.41, 5.74) is 1.62. The molecule has 2 unspecified atom stereocenters. The second kappa shape index (κ2) is 5.22. The Balaban J connectivity index is 1.88. The SMILES string of the molecule is CC1CN(C(=O)c2cc3cc(Br)ccc3[nH]2)CC(C)O1. The van der Waals surface area contributed by atoms with Crippen molar-refractivity contribution in [1.82, 2.24) is 9.88 Å². The number of morpholine rings is 1. The van der Waals surface area contributed by atoms with Crippen LogP contribution in [0.25, 0.3) is 10.9 Å². The lowest BCUT2D eigenvalue weighted by Gasteiger charge is -2.35. The first-order valence-electron chi connectivity index (χ1n) is 6.76. The maximum atomic E-state index is 12.6. The third kappa shape index (κ3) is 2.60. The van der Waals surface area contributed by atoms with Gasteiger partial charge >= 0.3 is 0 Å². The van der Waals surface area contributed by atoms with Crippen LogP contribution in [0.4, 0.5) is 0 Å². The summed E-state index contributed by atoms with van der Waals surface area (Å²) in [5.74, 6) is 0.0410. The van der Waals surface area contributed by atoms with Gasteiger partial charge in [-0.05, 0) is 38.1 Å². The van der Waals surface area contributed by atoms with Crippen LogP contribution in [0.3, 0.4) is 0 Å². The van der Waals surface area contributed by atoms with Crippen LogP contribution in [-0.2, 0) is 4.74 Å².